The van der Waals surface area contributed by atoms with Crippen molar-refractivity contribution in [3.63, 3.8) is 0 Å². The van der Waals surface area contributed by atoms with Crippen molar-refractivity contribution < 1.29 is 19.1 Å². The number of ether oxygens (including phenoxy) is 2. The third-order valence-electron chi connectivity index (χ3n) is 15.1. The molecule has 0 radical (unpaired) electrons. The van der Waals surface area contributed by atoms with Gasteiger partial charge >= 0.3 is 11.9 Å². The molecule has 2 saturated heterocycles. The van der Waals surface area contributed by atoms with E-state index in [0.717, 1.165) is 118 Å². The van der Waals surface area contributed by atoms with E-state index in [9.17, 15) is 9.59 Å². The Labute approximate surface area is 426 Å². The van der Waals surface area contributed by atoms with E-state index in [2.05, 4.69) is 113 Å². The number of methoxy groups -OCH3 is 1. The number of nitrogens with zero attached hydrogens (tertiary/aromatic N) is 4. The lowest BCUT2D eigenvalue weighted by Gasteiger charge is -2.07. The van der Waals surface area contributed by atoms with Crippen molar-refractivity contribution in [2.75, 3.05) is 26.8 Å². The highest BCUT2D eigenvalue weighted by Gasteiger charge is 2.28. The minimum Gasteiger partial charge on any atom is -0.464 e. The maximum atomic E-state index is 12.7. The highest BCUT2D eigenvalue weighted by Crippen LogP contribution is 2.37. The van der Waals surface area contributed by atoms with Gasteiger partial charge < -0.3 is 40.0 Å². The van der Waals surface area contributed by atoms with Crippen molar-refractivity contribution in [2.24, 2.45) is 0 Å². The van der Waals surface area contributed by atoms with Crippen LogP contribution in [0, 0.1) is 0 Å². The Balaban J connectivity index is 0.000000157. The standard InChI is InChI=1S/C30H33N5O2.C29H31N5O2/c1-2-37-30(36)27-26(34-29(35-27)24-8-5-17-31-24)22-15-11-20(12-16-22)19-9-13-21(14-10-19)25-18-32-28(33-25)23-6-3-4-7-23;1-36-29(35)26-25(33-28(34-26)23-7-4-16-30-23)21-14-10-19(11-15-21)18-8-12-20(13-9-18)24-17-31-27(32-24)22-5-2-3-6-22/h9-16,18,23-24,31H,2-8,17H2,1H3,(H,32,33)(H,34,35);8-15,17,22-23,30H,2-7,16H2,1H3,(H,31,32)(H,33,34)/t24-;23-/m00/s1. The number of hydrogen-bond donors (Lipinski definition) is 6. The van der Waals surface area contributed by atoms with Crippen LogP contribution in [0.15, 0.2) is 109 Å². The zero-order chi connectivity index (χ0) is 49.7. The molecule has 0 amide bonds. The Morgan fingerprint density at radius 3 is 1.19 bits per heavy atom. The Morgan fingerprint density at radius 1 is 0.466 bits per heavy atom. The number of aromatic amines is 4. The Hall–Kier alpha value is -7.42. The summed E-state index contributed by atoms with van der Waals surface area (Å²) in [7, 11) is 1.39. The predicted octanol–water partition coefficient (Wildman–Crippen LogP) is 12.4. The van der Waals surface area contributed by atoms with Crippen molar-refractivity contribution >= 4 is 11.9 Å². The number of nitrogens with one attached hydrogen (secondary N) is 6. The molecule has 0 bridgehead atoms. The van der Waals surface area contributed by atoms with Crippen LogP contribution < -0.4 is 10.6 Å². The quantitative estimate of drug-likeness (QED) is 0.0606. The van der Waals surface area contributed by atoms with E-state index >= 15 is 0 Å². The predicted molar refractivity (Wildman–Crippen MR) is 284 cm³/mol. The topological polar surface area (TPSA) is 191 Å². The summed E-state index contributed by atoms with van der Waals surface area (Å²) in [5.41, 5.74) is 12.8. The van der Waals surface area contributed by atoms with Gasteiger partial charge in [-0.2, -0.15) is 0 Å². The second-order valence-electron chi connectivity index (χ2n) is 19.8. The molecular weight excluding hydrogens is 913 g/mol. The highest BCUT2D eigenvalue weighted by molar-refractivity contribution is 5.95. The monoisotopic (exact) mass is 977 g/mol. The van der Waals surface area contributed by atoms with Crippen LogP contribution in [0.25, 0.3) is 67.3 Å². The summed E-state index contributed by atoms with van der Waals surface area (Å²) in [5.74, 6) is 4.22. The van der Waals surface area contributed by atoms with Gasteiger partial charge in [-0.05, 0) is 105 Å². The fourth-order valence-electron chi connectivity index (χ4n) is 11.1. The molecule has 2 aliphatic heterocycles. The number of imidazole rings is 4. The molecule has 2 saturated carbocycles. The molecule has 73 heavy (non-hydrogen) atoms. The number of H-pyrrole nitrogens is 4. The molecule has 14 nitrogen and oxygen atoms in total. The molecule has 12 rings (SSSR count). The van der Waals surface area contributed by atoms with Crippen molar-refractivity contribution in [1.82, 2.24) is 50.5 Å². The van der Waals surface area contributed by atoms with Crippen LogP contribution in [-0.4, -0.2) is 78.6 Å². The second kappa shape index (κ2) is 21.7. The van der Waals surface area contributed by atoms with Gasteiger partial charge in [-0.15, -0.1) is 0 Å². The summed E-state index contributed by atoms with van der Waals surface area (Å²) in [6.07, 6.45) is 18.3. The average molecular weight is 977 g/mol. The molecule has 4 aliphatic rings. The molecular formula is C59H64N10O4. The Morgan fingerprint density at radius 2 is 0.836 bits per heavy atom. The van der Waals surface area contributed by atoms with Crippen molar-refractivity contribution in [3.05, 3.63) is 144 Å². The lowest BCUT2D eigenvalue weighted by Crippen LogP contribution is -2.14. The smallest absolute Gasteiger partial charge is 0.357 e. The van der Waals surface area contributed by atoms with Gasteiger partial charge in [-0.1, -0.05) is 123 Å². The van der Waals surface area contributed by atoms with Gasteiger partial charge in [0.05, 0.1) is 49.6 Å². The molecule has 6 N–H and O–H groups in total. The Bertz CT molecular complexity index is 3120. The van der Waals surface area contributed by atoms with Crippen molar-refractivity contribution in [3.8, 4) is 67.3 Å². The van der Waals surface area contributed by atoms with Crippen LogP contribution in [0.2, 0.25) is 0 Å². The van der Waals surface area contributed by atoms with Crippen LogP contribution in [0.3, 0.4) is 0 Å². The summed E-state index contributed by atoms with van der Waals surface area (Å²) in [6.45, 7) is 4.06. The first-order valence-corrected chi connectivity index (χ1v) is 26.3. The number of rotatable bonds is 13. The molecule has 2 aliphatic carbocycles. The normalized spacial score (nSPS) is 18.0. The largest absolute Gasteiger partial charge is 0.464 e. The number of esters is 2. The molecule has 8 aromatic rings. The van der Waals surface area contributed by atoms with Gasteiger partial charge in [-0.3, -0.25) is 0 Å². The van der Waals surface area contributed by atoms with Crippen LogP contribution in [0.5, 0.6) is 0 Å². The van der Waals surface area contributed by atoms with Crippen LogP contribution in [-0.2, 0) is 9.47 Å². The first kappa shape index (κ1) is 47.9. The third kappa shape index (κ3) is 10.4. The Kier molecular flexibility index (Phi) is 14.3. The number of carbonyl (C=O) groups is 2. The minimum absolute atomic E-state index is 0.142. The molecule has 2 atom stereocenters. The SMILES string of the molecule is CCOC(=O)c1[nH]c([C@@H]2CCCN2)nc1-c1ccc(-c2ccc(-c3cnc(C4CCCC4)[nH]3)cc2)cc1.COC(=O)c1[nH]c([C@@H]2CCCN2)nc1-c1ccc(-c2ccc(-c3cnc(C4CCCC4)[nH]3)cc2)cc1. The van der Waals surface area contributed by atoms with Crippen LogP contribution >= 0.6 is 0 Å². The molecule has 4 aromatic heterocycles. The van der Waals surface area contributed by atoms with Gasteiger partial charge in [0.2, 0.25) is 0 Å². The number of aromatic nitrogens is 8. The minimum atomic E-state index is -0.406. The van der Waals surface area contributed by atoms with Crippen molar-refractivity contribution in [2.45, 2.75) is 108 Å². The molecule has 374 valence electrons. The van der Waals surface area contributed by atoms with Gasteiger partial charge in [0, 0.05) is 23.0 Å². The number of benzene rings is 4. The van der Waals surface area contributed by atoms with E-state index in [-0.39, 0.29) is 18.1 Å². The van der Waals surface area contributed by atoms with E-state index in [1.54, 1.807) is 0 Å². The maximum Gasteiger partial charge on any atom is 0.357 e. The fourth-order valence-corrected chi connectivity index (χ4v) is 11.1. The zero-order valence-corrected chi connectivity index (χ0v) is 41.7. The first-order chi connectivity index (χ1) is 35.9. The molecule has 14 heteroatoms. The van der Waals surface area contributed by atoms with Gasteiger partial charge in [0.15, 0.2) is 11.4 Å². The number of carbonyl (C=O) groups excluding carboxylic acids is 2. The molecule has 4 fully saturated rings. The second-order valence-corrected chi connectivity index (χ2v) is 19.8. The first-order valence-electron chi connectivity index (χ1n) is 26.3. The van der Waals surface area contributed by atoms with E-state index in [1.165, 1.54) is 58.5 Å². The van der Waals surface area contributed by atoms with E-state index < -0.39 is 5.97 Å². The van der Waals surface area contributed by atoms with Gasteiger partial charge in [0.1, 0.15) is 34.7 Å². The molecule has 0 unspecified atom stereocenters. The van der Waals surface area contributed by atoms with Crippen molar-refractivity contribution in [1.29, 1.82) is 0 Å². The maximum absolute atomic E-state index is 12.7. The summed E-state index contributed by atoms with van der Waals surface area (Å²) >= 11 is 0. The third-order valence-corrected chi connectivity index (χ3v) is 15.1. The highest BCUT2D eigenvalue weighted by atomic mass is 16.5. The van der Waals surface area contributed by atoms with Gasteiger partial charge in [-0.25, -0.2) is 29.5 Å². The average Bonchev–Trinajstić information content (AvgIpc) is 4.29. The van der Waals surface area contributed by atoms with Gasteiger partial charge in [0.25, 0.3) is 0 Å². The molecule has 4 aromatic carbocycles. The summed E-state index contributed by atoms with van der Waals surface area (Å²) < 4.78 is 10.3. The van der Waals surface area contributed by atoms with E-state index in [4.69, 9.17) is 19.4 Å². The lowest BCUT2D eigenvalue weighted by atomic mass is 10.0. The fraction of sp³-hybridized carbons (Fsp3) is 0.356. The van der Waals surface area contributed by atoms with Crippen LogP contribution in [0.4, 0.5) is 0 Å². The van der Waals surface area contributed by atoms with E-state index in [1.807, 2.05) is 43.6 Å². The summed E-state index contributed by atoms with van der Waals surface area (Å²) in [5, 5.41) is 6.88. The summed E-state index contributed by atoms with van der Waals surface area (Å²) in [4.78, 5) is 57.5. The number of hydrogen-bond acceptors (Lipinski definition) is 10. The lowest BCUT2D eigenvalue weighted by molar-refractivity contribution is 0.0519. The van der Waals surface area contributed by atoms with E-state index in [0.29, 0.717) is 41.2 Å². The zero-order valence-electron chi connectivity index (χ0n) is 41.7. The van der Waals surface area contributed by atoms with Crippen LogP contribution in [0.1, 0.15) is 152 Å². The molecule has 0 spiro atoms. The summed E-state index contributed by atoms with van der Waals surface area (Å²) in [6, 6.07) is 33.8. The molecule has 6 heterocycles.